The zero-order chi connectivity index (χ0) is 16.0. The minimum Gasteiger partial charge on any atom is -0.379 e. The fourth-order valence-corrected chi connectivity index (χ4v) is 1.95. The van der Waals surface area contributed by atoms with Gasteiger partial charge in [0.25, 0.3) is 0 Å². The van der Waals surface area contributed by atoms with Crippen molar-refractivity contribution in [3.63, 3.8) is 0 Å². The molecule has 1 unspecified atom stereocenters. The van der Waals surface area contributed by atoms with Crippen molar-refractivity contribution in [3.8, 4) is 0 Å². The van der Waals surface area contributed by atoms with Crippen LogP contribution < -0.4 is 10.6 Å². The van der Waals surface area contributed by atoms with Gasteiger partial charge >= 0.3 is 6.03 Å². The summed E-state index contributed by atoms with van der Waals surface area (Å²) in [6.07, 6.45) is 1.51. The van der Waals surface area contributed by atoms with Crippen molar-refractivity contribution in [1.29, 1.82) is 0 Å². The van der Waals surface area contributed by atoms with Crippen LogP contribution in [0.15, 0.2) is 6.33 Å². The number of aromatic nitrogens is 3. The highest BCUT2D eigenvalue weighted by Gasteiger charge is 2.19. The topological polar surface area (TPSA) is 81.1 Å². The van der Waals surface area contributed by atoms with E-state index in [9.17, 15) is 4.79 Å². The van der Waals surface area contributed by atoms with Crippen LogP contribution in [0.25, 0.3) is 0 Å². The average molecular weight is 297 g/mol. The highest BCUT2D eigenvalue weighted by atomic mass is 16.5. The number of nitrogens with one attached hydrogen (secondary N) is 2. The lowest BCUT2D eigenvalue weighted by Gasteiger charge is -2.22. The summed E-state index contributed by atoms with van der Waals surface area (Å²) in [5, 5.41) is 9.78. The molecule has 1 rings (SSSR count). The molecule has 1 atom stereocenters. The van der Waals surface area contributed by atoms with Crippen molar-refractivity contribution in [2.75, 3.05) is 13.7 Å². The summed E-state index contributed by atoms with van der Waals surface area (Å²) < 4.78 is 7.11. The maximum atomic E-state index is 11.8. The average Bonchev–Trinajstić information content (AvgIpc) is 2.84. The van der Waals surface area contributed by atoms with Crippen molar-refractivity contribution in [2.45, 2.75) is 52.8 Å². The number of ether oxygens (including phenoxy) is 1. The Labute approximate surface area is 126 Å². The summed E-state index contributed by atoms with van der Waals surface area (Å²) in [5.41, 5.74) is -0.164. The normalized spacial score (nSPS) is 13.3. The first-order valence-corrected chi connectivity index (χ1v) is 7.19. The van der Waals surface area contributed by atoms with Gasteiger partial charge < -0.3 is 15.4 Å². The van der Waals surface area contributed by atoms with Crippen LogP contribution in [0.1, 0.15) is 40.4 Å². The summed E-state index contributed by atoms with van der Waals surface area (Å²) in [5.74, 6) is 1.07. The first-order valence-electron chi connectivity index (χ1n) is 7.19. The van der Waals surface area contributed by atoms with Crippen LogP contribution in [0.4, 0.5) is 4.79 Å². The highest BCUT2D eigenvalue weighted by molar-refractivity contribution is 5.73. The van der Waals surface area contributed by atoms with Gasteiger partial charge in [-0.1, -0.05) is 13.8 Å². The van der Waals surface area contributed by atoms with Crippen LogP contribution in [0.2, 0.25) is 0 Å². The lowest BCUT2D eigenvalue weighted by Crippen LogP contribution is -2.42. The molecule has 0 fully saturated rings. The Kier molecular flexibility index (Phi) is 6.14. The number of rotatable bonds is 6. The molecular formula is C14H27N5O2. The van der Waals surface area contributed by atoms with Crippen LogP contribution in [0.5, 0.6) is 0 Å². The molecule has 0 saturated carbocycles. The summed E-state index contributed by atoms with van der Waals surface area (Å²) in [6, 6.07) is -0.235. The Morgan fingerprint density at radius 3 is 2.57 bits per heavy atom. The van der Waals surface area contributed by atoms with Crippen molar-refractivity contribution in [2.24, 2.45) is 5.92 Å². The van der Waals surface area contributed by atoms with E-state index in [0.29, 0.717) is 19.0 Å². The third-order valence-corrected chi connectivity index (χ3v) is 3.17. The molecule has 1 aromatic heterocycles. The predicted octanol–water partition coefficient (Wildman–Crippen LogP) is 1.50. The fraction of sp³-hybridized carbons (Fsp3) is 0.786. The first kappa shape index (κ1) is 17.4. The first-order chi connectivity index (χ1) is 9.75. The molecule has 0 bridgehead atoms. The smallest absolute Gasteiger partial charge is 0.315 e. The van der Waals surface area contributed by atoms with E-state index in [4.69, 9.17) is 4.74 Å². The molecule has 0 radical (unpaired) electrons. The number of carbonyl (C=O) groups excluding carboxylic acids is 1. The van der Waals surface area contributed by atoms with Crippen LogP contribution in [-0.4, -0.2) is 40.6 Å². The molecule has 120 valence electrons. The molecule has 0 aliphatic rings. The molecule has 2 N–H and O–H groups in total. The van der Waals surface area contributed by atoms with Crippen LogP contribution >= 0.6 is 0 Å². The van der Waals surface area contributed by atoms with E-state index < -0.39 is 0 Å². The maximum absolute atomic E-state index is 11.8. The Hall–Kier alpha value is -1.63. The summed E-state index contributed by atoms with van der Waals surface area (Å²) in [7, 11) is 1.65. The van der Waals surface area contributed by atoms with Crippen molar-refractivity contribution >= 4 is 6.03 Å². The molecule has 1 heterocycles. The zero-order valence-corrected chi connectivity index (χ0v) is 13.8. The highest BCUT2D eigenvalue weighted by Crippen LogP contribution is 2.13. The van der Waals surface area contributed by atoms with Crippen molar-refractivity contribution in [1.82, 2.24) is 25.4 Å². The predicted molar refractivity (Wildman–Crippen MR) is 80.9 cm³/mol. The Balaban J connectivity index is 2.46. The summed E-state index contributed by atoms with van der Waals surface area (Å²) in [6.45, 7) is 11.0. The molecule has 0 saturated heterocycles. The third kappa shape index (κ3) is 5.34. The van der Waals surface area contributed by atoms with E-state index >= 15 is 0 Å². The van der Waals surface area contributed by atoms with E-state index in [-0.39, 0.29) is 17.7 Å². The summed E-state index contributed by atoms with van der Waals surface area (Å²) >= 11 is 0. The number of hydrogen-bond acceptors (Lipinski definition) is 4. The van der Waals surface area contributed by atoms with Gasteiger partial charge in [-0.3, -0.25) is 0 Å². The van der Waals surface area contributed by atoms with Gasteiger partial charge in [0, 0.05) is 13.7 Å². The molecule has 1 aromatic rings. The lowest BCUT2D eigenvalue weighted by molar-refractivity contribution is 0.0666. The van der Waals surface area contributed by atoms with Crippen molar-refractivity contribution in [3.05, 3.63) is 12.2 Å². The van der Waals surface area contributed by atoms with Gasteiger partial charge in [0.15, 0.2) is 0 Å². The quantitative estimate of drug-likeness (QED) is 0.834. The Morgan fingerprint density at radius 2 is 2.05 bits per heavy atom. The van der Waals surface area contributed by atoms with Gasteiger partial charge in [-0.05, 0) is 26.7 Å². The van der Waals surface area contributed by atoms with Gasteiger partial charge in [0.1, 0.15) is 12.2 Å². The van der Waals surface area contributed by atoms with Gasteiger partial charge in [-0.15, -0.1) is 0 Å². The Bertz CT molecular complexity index is 450. The second kappa shape index (κ2) is 7.40. The Morgan fingerprint density at radius 1 is 1.38 bits per heavy atom. The van der Waals surface area contributed by atoms with E-state index in [1.807, 2.05) is 20.8 Å². The minimum atomic E-state index is -0.235. The molecule has 7 heteroatoms. The van der Waals surface area contributed by atoms with Crippen LogP contribution in [0.3, 0.4) is 0 Å². The number of nitrogens with zero attached hydrogens (tertiary/aromatic N) is 3. The van der Waals surface area contributed by atoms with E-state index in [0.717, 1.165) is 5.82 Å². The van der Waals surface area contributed by atoms with Gasteiger partial charge in [-0.2, -0.15) is 5.10 Å². The molecule has 7 nitrogen and oxygen atoms in total. The monoisotopic (exact) mass is 297 g/mol. The van der Waals surface area contributed by atoms with Gasteiger partial charge in [-0.25, -0.2) is 14.5 Å². The number of methoxy groups -OCH3 is 1. The zero-order valence-electron chi connectivity index (χ0n) is 13.8. The molecule has 0 spiro atoms. The molecular weight excluding hydrogens is 270 g/mol. The largest absolute Gasteiger partial charge is 0.379 e. The number of urea groups is 1. The minimum absolute atomic E-state index is 0.00831. The SMILES string of the molecule is COC(CNC(=O)NCc1ncnn1C(C)(C)C)C(C)C. The third-order valence-electron chi connectivity index (χ3n) is 3.17. The molecule has 0 aliphatic heterocycles. The summed E-state index contributed by atoms with van der Waals surface area (Å²) in [4.78, 5) is 16.0. The van der Waals surface area contributed by atoms with Gasteiger partial charge in [0.05, 0.1) is 18.2 Å². The van der Waals surface area contributed by atoms with E-state index in [1.165, 1.54) is 6.33 Å². The molecule has 21 heavy (non-hydrogen) atoms. The standard InChI is InChI=1S/C14H27N5O2/c1-10(2)11(21-6)7-15-13(20)16-8-12-17-9-18-19(12)14(3,4)5/h9-11H,7-8H2,1-6H3,(H2,15,16,20). The van der Waals surface area contributed by atoms with Crippen LogP contribution in [0, 0.1) is 5.92 Å². The second-order valence-corrected chi connectivity index (χ2v) is 6.34. The molecule has 0 aromatic carbocycles. The second-order valence-electron chi connectivity index (χ2n) is 6.34. The van der Waals surface area contributed by atoms with E-state index in [1.54, 1.807) is 11.8 Å². The molecule has 0 aliphatic carbocycles. The molecule has 2 amide bonds. The fourth-order valence-electron chi connectivity index (χ4n) is 1.95. The number of hydrogen-bond donors (Lipinski definition) is 2. The van der Waals surface area contributed by atoms with Gasteiger partial charge in [0.2, 0.25) is 0 Å². The van der Waals surface area contributed by atoms with Crippen LogP contribution in [-0.2, 0) is 16.8 Å². The van der Waals surface area contributed by atoms with Crippen molar-refractivity contribution < 1.29 is 9.53 Å². The maximum Gasteiger partial charge on any atom is 0.315 e. The van der Waals surface area contributed by atoms with E-state index in [2.05, 4.69) is 34.6 Å². The lowest BCUT2D eigenvalue weighted by atomic mass is 10.1. The number of carbonyl (C=O) groups is 1. The number of amides is 2.